The molecule has 0 rings (SSSR count). The van der Waals surface area contributed by atoms with E-state index < -0.39 is 18.1 Å². The molecule has 0 aromatic carbocycles. The van der Waals surface area contributed by atoms with Gasteiger partial charge in [-0.2, -0.15) is 0 Å². The highest BCUT2D eigenvalue weighted by Crippen LogP contribution is 2.15. The van der Waals surface area contributed by atoms with E-state index in [2.05, 4.69) is 0 Å². The third-order valence-electron chi connectivity index (χ3n) is 2.41. The van der Waals surface area contributed by atoms with Gasteiger partial charge in [0.1, 0.15) is 12.5 Å². The lowest BCUT2D eigenvalue weighted by molar-refractivity contribution is -0.0138. The average Bonchev–Trinajstić information content (AvgIpc) is 2.53. The summed E-state index contributed by atoms with van der Waals surface area (Å²) in [5.74, 6) is 0. The molecule has 0 spiro atoms. The van der Waals surface area contributed by atoms with E-state index in [1.165, 1.54) is 12.5 Å². The quantitative estimate of drug-likeness (QED) is 0.297. The van der Waals surface area contributed by atoms with E-state index in [4.69, 9.17) is 35.4 Å². The van der Waals surface area contributed by atoms with Crippen molar-refractivity contribution in [3.63, 3.8) is 0 Å². The van der Waals surface area contributed by atoms with E-state index in [9.17, 15) is 0 Å². The molecule has 0 radical (unpaired) electrons. The zero-order valence-electron chi connectivity index (χ0n) is 15.7. The van der Waals surface area contributed by atoms with Crippen LogP contribution in [0.1, 0.15) is 41.5 Å². The lowest BCUT2D eigenvalue weighted by Gasteiger charge is -2.26. The van der Waals surface area contributed by atoms with E-state index in [1.807, 2.05) is 41.5 Å². The van der Waals surface area contributed by atoms with Crippen molar-refractivity contribution in [1.29, 1.82) is 0 Å². The van der Waals surface area contributed by atoms with E-state index in [-0.39, 0.29) is 0 Å². The maximum Gasteiger partial charge on any atom is 0.749 e. The predicted octanol–water partition coefficient (Wildman–Crippen LogP) is 2.58. The van der Waals surface area contributed by atoms with Gasteiger partial charge in [0.25, 0.3) is 0 Å². The van der Waals surface area contributed by atoms with Gasteiger partial charge in [-0.1, -0.05) is 0 Å². The van der Waals surface area contributed by atoms with Gasteiger partial charge >= 0.3 is 18.1 Å². The molecular formula is C14H32O8Si2. The first kappa shape index (κ1) is 23.5. The van der Waals surface area contributed by atoms with E-state index >= 15 is 0 Å². The first-order valence-electron chi connectivity index (χ1n) is 8.41. The molecule has 10 heteroatoms. The highest BCUT2D eigenvalue weighted by Gasteiger charge is 2.48. The molecule has 0 aliphatic heterocycles. The Bertz CT molecular complexity index is 266. The minimum absolute atomic E-state index is 0.413. The van der Waals surface area contributed by atoms with Crippen LogP contribution in [0.4, 0.5) is 0 Å². The maximum absolute atomic E-state index is 5.60. The fourth-order valence-corrected chi connectivity index (χ4v) is 5.21. The van der Waals surface area contributed by atoms with Crippen LogP contribution in [0.5, 0.6) is 0 Å². The van der Waals surface area contributed by atoms with Crippen molar-refractivity contribution in [2.24, 2.45) is 0 Å². The molecule has 24 heavy (non-hydrogen) atoms. The van der Waals surface area contributed by atoms with Crippen LogP contribution in [-0.4, -0.2) is 57.7 Å². The van der Waals surface area contributed by atoms with E-state index in [1.54, 1.807) is 0 Å². The van der Waals surface area contributed by atoms with Crippen LogP contribution in [0.25, 0.3) is 0 Å². The summed E-state index contributed by atoms with van der Waals surface area (Å²) < 4.78 is 44.6. The minimum atomic E-state index is -3.22. The highest BCUT2D eigenvalue weighted by atomic mass is 28.4. The fraction of sp³-hybridized carbons (Fsp3) is 0.857. The van der Waals surface area contributed by atoms with Gasteiger partial charge in [-0.05, 0) is 41.5 Å². The van der Waals surface area contributed by atoms with Crippen LogP contribution < -0.4 is 0 Å². The van der Waals surface area contributed by atoms with Crippen molar-refractivity contribution in [1.82, 2.24) is 0 Å². The summed E-state index contributed by atoms with van der Waals surface area (Å²) in [5.41, 5.74) is 0. The van der Waals surface area contributed by atoms with Crippen molar-refractivity contribution < 1.29 is 35.4 Å². The van der Waals surface area contributed by atoms with Gasteiger partial charge in [-0.15, -0.1) is 0 Å². The third-order valence-corrected chi connectivity index (χ3v) is 7.11. The number of hydrogen-bond donors (Lipinski definition) is 0. The molecule has 0 saturated carbocycles. The van der Waals surface area contributed by atoms with Gasteiger partial charge in [0.05, 0.1) is 0 Å². The lowest BCUT2D eigenvalue weighted by Crippen LogP contribution is -2.49. The van der Waals surface area contributed by atoms with Crippen LogP contribution in [0.3, 0.4) is 0 Å². The molecule has 0 aromatic heterocycles. The second kappa shape index (κ2) is 13.8. The summed E-state index contributed by atoms with van der Waals surface area (Å²) in [6, 6.07) is 0. The molecule has 144 valence electrons. The first-order valence-corrected chi connectivity index (χ1v) is 11.7. The number of rotatable bonds is 16. The smallest absolute Gasteiger partial charge is 0.484 e. The second-order valence-corrected chi connectivity index (χ2v) is 8.31. The van der Waals surface area contributed by atoms with Crippen molar-refractivity contribution in [2.75, 3.05) is 39.6 Å². The van der Waals surface area contributed by atoms with Crippen LogP contribution in [-0.2, 0) is 35.4 Å². The summed E-state index contributed by atoms with van der Waals surface area (Å²) in [6.07, 6.45) is 2.65. The van der Waals surface area contributed by atoms with Crippen molar-refractivity contribution in [3.05, 3.63) is 12.5 Å². The summed E-state index contributed by atoms with van der Waals surface area (Å²) >= 11 is 0. The molecule has 0 amide bonds. The molecule has 0 aliphatic carbocycles. The predicted molar refractivity (Wildman–Crippen MR) is 92.6 cm³/mol. The molecule has 0 saturated heterocycles. The topological polar surface area (TPSA) is 73.8 Å². The molecular weight excluding hydrogens is 352 g/mol. The standard InChI is InChI=1S/C14H32O8Si2/c1-7-15-23(16-8-2,17-9-3)21-13-14-22-24(18-10-4,19-11-5)20-12-6/h13-14H,7-12H2,1-6H3/b14-13-. The monoisotopic (exact) mass is 384 g/mol. The Balaban J connectivity index is 4.91. The van der Waals surface area contributed by atoms with Crippen LogP contribution in [0.15, 0.2) is 12.5 Å². The van der Waals surface area contributed by atoms with Gasteiger partial charge in [0, 0.05) is 39.6 Å². The van der Waals surface area contributed by atoms with Crippen LogP contribution >= 0.6 is 0 Å². The average molecular weight is 385 g/mol. The first-order chi connectivity index (χ1) is 11.6. The number of hydrogen-bond acceptors (Lipinski definition) is 8. The van der Waals surface area contributed by atoms with Crippen molar-refractivity contribution >= 4 is 18.1 Å². The Hall–Kier alpha value is -0.466. The van der Waals surface area contributed by atoms with E-state index in [0.29, 0.717) is 39.6 Å². The molecule has 0 aromatic rings. The SMILES string of the molecule is CCO[Si](O/C=C\O[Si](OCC)(OCC)OCC)(OCC)OCC. The zero-order chi connectivity index (χ0) is 18.3. The molecule has 0 unspecified atom stereocenters. The Labute approximate surface area is 147 Å². The zero-order valence-corrected chi connectivity index (χ0v) is 17.7. The molecule has 0 atom stereocenters. The Morgan fingerprint density at radius 2 is 0.667 bits per heavy atom. The Morgan fingerprint density at radius 3 is 0.833 bits per heavy atom. The summed E-state index contributed by atoms with van der Waals surface area (Å²) in [5, 5.41) is 0. The fourth-order valence-electron chi connectivity index (χ4n) is 1.74. The largest absolute Gasteiger partial charge is 0.749 e. The summed E-state index contributed by atoms with van der Waals surface area (Å²) in [7, 11) is -6.44. The van der Waals surface area contributed by atoms with Gasteiger partial charge in [-0.25, -0.2) is 0 Å². The molecule has 0 fully saturated rings. The summed E-state index contributed by atoms with van der Waals surface area (Å²) in [6.45, 7) is 13.6. The third kappa shape index (κ3) is 8.58. The second-order valence-electron chi connectivity index (χ2n) is 4.11. The molecule has 0 N–H and O–H groups in total. The van der Waals surface area contributed by atoms with Gasteiger partial charge < -0.3 is 35.4 Å². The molecule has 0 aliphatic rings. The van der Waals surface area contributed by atoms with Gasteiger partial charge in [0.15, 0.2) is 0 Å². The van der Waals surface area contributed by atoms with Gasteiger partial charge in [-0.3, -0.25) is 0 Å². The highest BCUT2D eigenvalue weighted by molar-refractivity contribution is 6.54. The Kier molecular flexibility index (Phi) is 13.5. The van der Waals surface area contributed by atoms with Crippen LogP contribution in [0.2, 0.25) is 0 Å². The van der Waals surface area contributed by atoms with Crippen molar-refractivity contribution in [2.45, 2.75) is 41.5 Å². The minimum Gasteiger partial charge on any atom is -0.484 e. The van der Waals surface area contributed by atoms with E-state index in [0.717, 1.165) is 0 Å². The van der Waals surface area contributed by atoms with Gasteiger partial charge in [0.2, 0.25) is 0 Å². The molecule has 0 bridgehead atoms. The normalized spacial score (nSPS) is 12.8. The van der Waals surface area contributed by atoms with Crippen LogP contribution in [0, 0.1) is 0 Å². The maximum atomic E-state index is 5.60. The summed E-state index contributed by atoms with van der Waals surface area (Å²) in [4.78, 5) is 0. The van der Waals surface area contributed by atoms with Crippen molar-refractivity contribution in [3.8, 4) is 0 Å². The molecule has 0 heterocycles. The lowest BCUT2D eigenvalue weighted by atomic mass is 10.9. The Morgan fingerprint density at radius 1 is 0.458 bits per heavy atom. The molecule has 8 nitrogen and oxygen atoms in total.